The molecule has 4 rings (SSSR count). The van der Waals surface area contributed by atoms with Crippen molar-refractivity contribution < 1.29 is 15.3 Å². The van der Waals surface area contributed by atoms with Crippen LogP contribution >= 0.6 is 0 Å². The normalized spacial score (nSPS) is 47.8. The third kappa shape index (κ3) is 3.52. The van der Waals surface area contributed by atoms with Crippen LogP contribution < -0.4 is 0 Å². The van der Waals surface area contributed by atoms with E-state index in [2.05, 4.69) is 40.7 Å². The summed E-state index contributed by atoms with van der Waals surface area (Å²) >= 11 is 0. The van der Waals surface area contributed by atoms with Crippen LogP contribution in [0.2, 0.25) is 0 Å². The van der Waals surface area contributed by atoms with Crippen LogP contribution in [0.1, 0.15) is 92.4 Å². The largest absolute Gasteiger partial charge is 0.393 e. The molecule has 0 saturated heterocycles. The summed E-state index contributed by atoms with van der Waals surface area (Å²) < 4.78 is 0. The Morgan fingerprint density at radius 2 is 1.77 bits per heavy atom. The molecular formula is C27H46O3. The summed E-state index contributed by atoms with van der Waals surface area (Å²) in [5, 5.41) is 31.6. The molecule has 3 fully saturated rings. The lowest BCUT2D eigenvalue weighted by Crippen LogP contribution is -2.55. The molecule has 0 amide bonds. The summed E-state index contributed by atoms with van der Waals surface area (Å²) in [5.41, 5.74) is 1.61. The predicted octanol–water partition coefficient (Wildman–Crippen LogP) is 5.33. The van der Waals surface area contributed by atoms with Gasteiger partial charge in [0.05, 0.1) is 18.3 Å². The minimum Gasteiger partial charge on any atom is -0.393 e. The number of allylic oxidation sites excluding steroid dienone is 1. The molecule has 3 N–H and O–H groups in total. The van der Waals surface area contributed by atoms with E-state index in [1.54, 1.807) is 0 Å². The Bertz CT molecular complexity index is 656. The van der Waals surface area contributed by atoms with E-state index in [1.807, 2.05) is 0 Å². The van der Waals surface area contributed by atoms with Gasteiger partial charge in [-0.05, 0) is 92.3 Å². The van der Waals surface area contributed by atoms with Gasteiger partial charge in [-0.1, -0.05) is 46.3 Å². The molecule has 3 unspecified atom stereocenters. The monoisotopic (exact) mass is 418 g/mol. The molecule has 0 bridgehead atoms. The Hall–Kier alpha value is -0.380. The maximum absolute atomic E-state index is 11.1. The molecule has 30 heavy (non-hydrogen) atoms. The van der Waals surface area contributed by atoms with Crippen molar-refractivity contribution in [1.29, 1.82) is 0 Å². The van der Waals surface area contributed by atoms with Gasteiger partial charge in [-0.2, -0.15) is 0 Å². The lowest BCUT2D eigenvalue weighted by molar-refractivity contribution is -0.108. The number of aliphatic hydroxyl groups excluding tert-OH is 3. The summed E-state index contributed by atoms with van der Waals surface area (Å²) in [6.45, 7) is 11.5. The van der Waals surface area contributed by atoms with Crippen molar-refractivity contribution in [2.75, 3.05) is 0 Å². The summed E-state index contributed by atoms with van der Waals surface area (Å²) in [7, 11) is 0. The molecule has 0 spiro atoms. The highest BCUT2D eigenvalue weighted by atomic mass is 16.3. The highest BCUT2D eigenvalue weighted by Crippen LogP contribution is 2.67. The molecular weight excluding hydrogens is 372 g/mol. The summed E-state index contributed by atoms with van der Waals surface area (Å²) in [6, 6.07) is 0. The Morgan fingerprint density at radius 3 is 2.47 bits per heavy atom. The van der Waals surface area contributed by atoms with Gasteiger partial charge >= 0.3 is 0 Å². The van der Waals surface area contributed by atoms with Gasteiger partial charge in [-0.25, -0.2) is 0 Å². The molecule has 0 heterocycles. The van der Waals surface area contributed by atoms with E-state index in [0.717, 1.165) is 37.5 Å². The van der Waals surface area contributed by atoms with Gasteiger partial charge in [0.2, 0.25) is 0 Å². The molecule has 172 valence electrons. The number of hydrogen-bond donors (Lipinski definition) is 3. The van der Waals surface area contributed by atoms with Gasteiger partial charge in [-0.3, -0.25) is 0 Å². The molecule has 3 heteroatoms. The summed E-state index contributed by atoms with van der Waals surface area (Å²) in [5.74, 6) is 3.79. The minimum absolute atomic E-state index is 0.130. The minimum atomic E-state index is -0.404. The van der Waals surface area contributed by atoms with E-state index >= 15 is 0 Å². The van der Waals surface area contributed by atoms with Gasteiger partial charge in [0.1, 0.15) is 0 Å². The van der Waals surface area contributed by atoms with Crippen LogP contribution in [0, 0.1) is 46.3 Å². The van der Waals surface area contributed by atoms with Crippen LogP contribution in [-0.4, -0.2) is 33.6 Å². The van der Waals surface area contributed by atoms with Crippen LogP contribution in [0.5, 0.6) is 0 Å². The van der Waals surface area contributed by atoms with E-state index in [-0.39, 0.29) is 17.6 Å². The fraction of sp³-hybridized carbons (Fsp3) is 0.926. The molecule has 4 aliphatic carbocycles. The van der Waals surface area contributed by atoms with E-state index < -0.39 is 6.10 Å². The van der Waals surface area contributed by atoms with Crippen molar-refractivity contribution in [3.8, 4) is 0 Å². The zero-order valence-electron chi connectivity index (χ0n) is 20.0. The van der Waals surface area contributed by atoms with E-state index in [4.69, 9.17) is 0 Å². The second kappa shape index (κ2) is 8.19. The Morgan fingerprint density at radius 1 is 1.03 bits per heavy atom. The highest BCUT2D eigenvalue weighted by Gasteiger charge is 2.60. The molecule has 10 atom stereocenters. The molecule has 0 aromatic rings. The van der Waals surface area contributed by atoms with Gasteiger partial charge in [0.25, 0.3) is 0 Å². The average molecular weight is 419 g/mol. The Labute approximate surface area is 184 Å². The fourth-order valence-electron chi connectivity index (χ4n) is 8.64. The van der Waals surface area contributed by atoms with Crippen LogP contribution in [-0.2, 0) is 0 Å². The maximum Gasteiger partial charge on any atom is 0.0658 e. The molecule has 0 aromatic heterocycles. The zero-order valence-corrected chi connectivity index (χ0v) is 20.0. The van der Waals surface area contributed by atoms with Crippen LogP contribution in [0.3, 0.4) is 0 Å². The Balaban J connectivity index is 1.51. The van der Waals surface area contributed by atoms with Crippen molar-refractivity contribution in [2.24, 2.45) is 46.3 Å². The zero-order chi connectivity index (χ0) is 21.8. The van der Waals surface area contributed by atoms with Crippen molar-refractivity contribution >= 4 is 0 Å². The van der Waals surface area contributed by atoms with E-state index in [0.29, 0.717) is 35.5 Å². The number of hydrogen-bond acceptors (Lipinski definition) is 3. The Kier molecular flexibility index (Phi) is 6.23. The molecule has 0 aromatic carbocycles. The average Bonchev–Trinajstić information content (AvgIpc) is 3.04. The summed E-state index contributed by atoms with van der Waals surface area (Å²) in [6.07, 6.45) is 11.1. The third-order valence-corrected chi connectivity index (χ3v) is 10.6. The first-order valence-electron chi connectivity index (χ1n) is 12.8. The molecule has 4 aliphatic rings. The number of fused-ring (bicyclic) bond motifs is 5. The second-order valence-corrected chi connectivity index (χ2v) is 12.3. The predicted molar refractivity (Wildman–Crippen MR) is 122 cm³/mol. The molecule has 3 saturated carbocycles. The lowest BCUT2D eigenvalue weighted by Gasteiger charge is -2.59. The molecule has 0 radical (unpaired) electrons. The topological polar surface area (TPSA) is 60.7 Å². The van der Waals surface area contributed by atoms with Gasteiger partial charge in [0.15, 0.2) is 0 Å². The number of rotatable bonds is 5. The second-order valence-electron chi connectivity index (χ2n) is 12.3. The van der Waals surface area contributed by atoms with Crippen molar-refractivity contribution in [2.45, 2.75) is 111 Å². The first kappa shape index (κ1) is 22.8. The highest BCUT2D eigenvalue weighted by molar-refractivity contribution is 5.27. The van der Waals surface area contributed by atoms with E-state index in [9.17, 15) is 15.3 Å². The van der Waals surface area contributed by atoms with Gasteiger partial charge in [-0.15, -0.1) is 0 Å². The van der Waals surface area contributed by atoms with Crippen LogP contribution in [0.15, 0.2) is 11.6 Å². The molecule has 0 aliphatic heterocycles. The fourth-order valence-corrected chi connectivity index (χ4v) is 8.64. The number of aliphatic hydroxyl groups is 3. The van der Waals surface area contributed by atoms with Gasteiger partial charge in [0, 0.05) is 11.8 Å². The SMILES string of the molecule is CC(C)C(O)CC[C@@H](C)[C@H]1CC[C@H]2[C@@H]3CC=C4CC(O)CC(O)[C@]4(C)[C@H]3CC[C@]12C. The quantitative estimate of drug-likeness (QED) is 0.529. The lowest BCUT2D eigenvalue weighted by atomic mass is 9.46. The molecule has 3 nitrogen and oxygen atoms in total. The van der Waals surface area contributed by atoms with Crippen molar-refractivity contribution in [3.63, 3.8) is 0 Å². The standard InChI is InChI=1S/C27H46O3/c1-16(2)24(29)11-6-17(3)21-9-10-22-20-8-7-18-14-19(28)15-25(30)27(18,5)23(20)12-13-26(21,22)4/h7,16-17,19-25,28-30H,6,8-15H2,1-5H3/t17-,19?,20+,21-,22+,23+,24?,25?,26-,27+/m1/s1. The smallest absolute Gasteiger partial charge is 0.0658 e. The van der Waals surface area contributed by atoms with Crippen LogP contribution in [0.25, 0.3) is 0 Å². The van der Waals surface area contributed by atoms with Crippen LogP contribution in [0.4, 0.5) is 0 Å². The first-order valence-corrected chi connectivity index (χ1v) is 12.8. The maximum atomic E-state index is 11.1. The van der Waals surface area contributed by atoms with Gasteiger partial charge < -0.3 is 15.3 Å². The summed E-state index contributed by atoms with van der Waals surface area (Å²) in [4.78, 5) is 0. The first-order chi connectivity index (χ1) is 14.1. The van der Waals surface area contributed by atoms with Crippen molar-refractivity contribution in [3.05, 3.63) is 11.6 Å². The van der Waals surface area contributed by atoms with Crippen molar-refractivity contribution in [1.82, 2.24) is 0 Å². The third-order valence-electron chi connectivity index (χ3n) is 10.6. The van der Waals surface area contributed by atoms with E-state index in [1.165, 1.54) is 31.3 Å².